The Morgan fingerprint density at radius 2 is 2.24 bits per heavy atom. The predicted molar refractivity (Wildman–Crippen MR) is 81.8 cm³/mol. The summed E-state index contributed by atoms with van der Waals surface area (Å²) in [5.41, 5.74) is 5.29. The monoisotopic (exact) mass is 297 g/mol. The molecule has 1 heterocycles. The standard InChI is InChI=1S/C14H27N5O2/c1-14(2,3)21-13(20)17-9-11(8-15)19(5)10-12-16-6-7-18(12)4/h6-7,11H,8-10,15H2,1-5H3,(H,17,20). The van der Waals surface area contributed by atoms with Crippen LogP contribution in [0.1, 0.15) is 26.6 Å². The summed E-state index contributed by atoms with van der Waals surface area (Å²) in [4.78, 5) is 18.0. The Labute approximate surface area is 126 Å². The van der Waals surface area contributed by atoms with Gasteiger partial charge in [-0.25, -0.2) is 9.78 Å². The molecule has 0 saturated carbocycles. The molecule has 3 N–H and O–H groups in total. The van der Waals surface area contributed by atoms with Gasteiger partial charge >= 0.3 is 6.09 Å². The van der Waals surface area contributed by atoms with E-state index in [2.05, 4.69) is 15.2 Å². The zero-order valence-electron chi connectivity index (χ0n) is 13.6. The molecule has 0 aliphatic carbocycles. The smallest absolute Gasteiger partial charge is 0.407 e. The van der Waals surface area contributed by atoms with Crippen molar-refractivity contribution in [1.82, 2.24) is 19.8 Å². The topological polar surface area (TPSA) is 85.4 Å². The summed E-state index contributed by atoms with van der Waals surface area (Å²) in [6.07, 6.45) is 3.24. The van der Waals surface area contributed by atoms with Crippen LogP contribution in [0.3, 0.4) is 0 Å². The van der Waals surface area contributed by atoms with E-state index in [1.807, 2.05) is 45.6 Å². The summed E-state index contributed by atoms with van der Waals surface area (Å²) < 4.78 is 7.18. The number of nitrogens with two attached hydrogens (primary N) is 1. The lowest BCUT2D eigenvalue weighted by Crippen LogP contribution is -2.47. The van der Waals surface area contributed by atoms with E-state index in [4.69, 9.17) is 10.5 Å². The number of nitrogens with zero attached hydrogens (tertiary/aromatic N) is 3. The minimum absolute atomic E-state index is 0.0224. The van der Waals surface area contributed by atoms with Gasteiger partial charge in [0.25, 0.3) is 0 Å². The quantitative estimate of drug-likeness (QED) is 0.807. The number of likely N-dealkylation sites (N-methyl/N-ethyl adjacent to an activating group) is 1. The first kappa shape index (κ1) is 17.5. The van der Waals surface area contributed by atoms with Crippen LogP contribution in [0.25, 0.3) is 0 Å². The molecule has 7 heteroatoms. The highest BCUT2D eigenvalue weighted by Crippen LogP contribution is 2.07. The Bertz CT molecular complexity index is 452. The van der Waals surface area contributed by atoms with Crippen LogP contribution in [-0.2, 0) is 18.3 Å². The third kappa shape index (κ3) is 6.14. The lowest BCUT2D eigenvalue weighted by atomic mass is 10.2. The Morgan fingerprint density at radius 1 is 1.57 bits per heavy atom. The summed E-state index contributed by atoms with van der Waals surface area (Å²) >= 11 is 0. The van der Waals surface area contributed by atoms with Crippen molar-refractivity contribution >= 4 is 6.09 Å². The van der Waals surface area contributed by atoms with Crippen molar-refractivity contribution in [1.29, 1.82) is 0 Å². The van der Waals surface area contributed by atoms with Crippen molar-refractivity contribution < 1.29 is 9.53 Å². The maximum absolute atomic E-state index is 11.7. The number of alkyl carbamates (subject to hydrolysis) is 1. The molecule has 0 aliphatic heterocycles. The van der Waals surface area contributed by atoms with Crippen molar-refractivity contribution in [2.75, 3.05) is 20.1 Å². The van der Waals surface area contributed by atoms with Crippen LogP contribution in [0.4, 0.5) is 4.79 Å². The third-order valence-corrected chi connectivity index (χ3v) is 3.09. The van der Waals surface area contributed by atoms with Crippen LogP contribution in [0.2, 0.25) is 0 Å². The van der Waals surface area contributed by atoms with Crippen molar-refractivity contribution in [2.24, 2.45) is 12.8 Å². The number of hydrogen-bond donors (Lipinski definition) is 2. The molecular weight excluding hydrogens is 270 g/mol. The molecule has 1 aromatic heterocycles. The van der Waals surface area contributed by atoms with Crippen LogP contribution >= 0.6 is 0 Å². The average molecular weight is 297 g/mol. The first-order chi connectivity index (χ1) is 9.73. The summed E-state index contributed by atoms with van der Waals surface area (Å²) in [5, 5.41) is 2.76. The minimum Gasteiger partial charge on any atom is -0.444 e. The number of imidazole rings is 1. The number of carbonyl (C=O) groups is 1. The van der Waals surface area contributed by atoms with Crippen molar-refractivity contribution in [3.05, 3.63) is 18.2 Å². The van der Waals surface area contributed by atoms with Crippen LogP contribution in [0.15, 0.2) is 12.4 Å². The zero-order chi connectivity index (χ0) is 16.0. The molecule has 0 fully saturated rings. The van der Waals surface area contributed by atoms with E-state index in [-0.39, 0.29) is 6.04 Å². The fraction of sp³-hybridized carbons (Fsp3) is 0.714. The van der Waals surface area contributed by atoms with E-state index in [1.54, 1.807) is 6.20 Å². The van der Waals surface area contributed by atoms with Crippen LogP contribution in [0.5, 0.6) is 0 Å². The second-order valence-electron chi connectivity index (χ2n) is 6.14. The lowest BCUT2D eigenvalue weighted by Gasteiger charge is -2.27. The molecule has 0 aliphatic rings. The summed E-state index contributed by atoms with van der Waals surface area (Å²) in [7, 11) is 3.91. The van der Waals surface area contributed by atoms with Crippen LogP contribution in [0, 0.1) is 0 Å². The Balaban J connectivity index is 2.47. The van der Waals surface area contributed by atoms with Gasteiger partial charge in [-0.1, -0.05) is 0 Å². The molecule has 1 atom stereocenters. The van der Waals surface area contributed by atoms with E-state index in [0.29, 0.717) is 19.6 Å². The van der Waals surface area contributed by atoms with Gasteiger partial charge < -0.3 is 20.4 Å². The molecular formula is C14H27N5O2. The zero-order valence-corrected chi connectivity index (χ0v) is 13.6. The van der Waals surface area contributed by atoms with Gasteiger partial charge in [-0.15, -0.1) is 0 Å². The largest absolute Gasteiger partial charge is 0.444 e. The van der Waals surface area contributed by atoms with E-state index in [1.165, 1.54) is 0 Å². The molecule has 7 nitrogen and oxygen atoms in total. The number of nitrogens with one attached hydrogen (secondary N) is 1. The maximum Gasteiger partial charge on any atom is 0.407 e. The van der Waals surface area contributed by atoms with E-state index < -0.39 is 11.7 Å². The van der Waals surface area contributed by atoms with Gasteiger partial charge in [0.05, 0.1) is 6.54 Å². The van der Waals surface area contributed by atoms with Gasteiger partial charge in [0, 0.05) is 38.6 Å². The molecule has 0 spiro atoms. The molecule has 0 saturated heterocycles. The Kier molecular flexibility index (Phi) is 6.17. The van der Waals surface area contributed by atoms with Crippen molar-refractivity contribution in [3.63, 3.8) is 0 Å². The van der Waals surface area contributed by atoms with E-state index in [0.717, 1.165) is 5.82 Å². The summed E-state index contributed by atoms with van der Waals surface area (Å²) in [5.74, 6) is 0.952. The summed E-state index contributed by atoms with van der Waals surface area (Å²) in [6, 6.07) is 0.0224. The van der Waals surface area contributed by atoms with Gasteiger partial charge in [-0.05, 0) is 27.8 Å². The highest BCUT2D eigenvalue weighted by molar-refractivity contribution is 5.67. The molecule has 0 aromatic carbocycles. The van der Waals surface area contributed by atoms with Gasteiger partial charge in [-0.2, -0.15) is 0 Å². The van der Waals surface area contributed by atoms with Crippen molar-refractivity contribution in [2.45, 2.75) is 39.0 Å². The maximum atomic E-state index is 11.7. The number of aromatic nitrogens is 2. The average Bonchev–Trinajstić information content (AvgIpc) is 2.73. The number of hydrogen-bond acceptors (Lipinski definition) is 5. The highest BCUT2D eigenvalue weighted by Gasteiger charge is 2.19. The van der Waals surface area contributed by atoms with Gasteiger partial charge in [-0.3, -0.25) is 4.90 Å². The fourth-order valence-corrected chi connectivity index (χ4v) is 1.84. The Hall–Kier alpha value is -1.60. The number of ether oxygens (including phenoxy) is 1. The second kappa shape index (κ2) is 7.42. The van der Waals surface area contributed by atoms with Crippen molar-refractivity contribution in [3.8, 4) is 0 Å². The van der Waals surface area contributed by atoms with E-state index in [9.17, 15) is 4.79 Å². The Morgan fingerprint density at radius 3 is 2.71 bits per heavy atom. The lowest BCUT2D eigenvalue weighted by molar-refractivity contribution is 0.0511. The number of carbonyl (C=O) groups excluding carboxylic acids is 1. The fourth-order valence-electron chi connectivity index (χ4n) is 1.84. The predicted octanol–water partition coefficient (Wildman–Crippen LogP) is 0.704. The number of amides is 1. The summed E-state index contributed by atoms with van der Waals surface area (Å²) in [6.45, 7) is 7.05. The first-order valence-electron chi connectivity index (χ1n) is 7.06. The first-order valence-corrected chi connectivity index (χ1v) is 7.06. The van der Waals surface area contributed by atoms with Gasteiger partial charge in [0.15, 0.2) is 0 Å². The molecule has 1 aromatic rings. The minimum atomic E-state index is -0.499. The molecule has 0 bridgehead atoms. The molecule has 1 rings (SSSR count). The molecule has 1 unspecified atom stereocenters. The second-order valence-corrected chi connectivity index (χ2v) is 6.14. The molecule has 21 heavy (non-hydrogen) atoms. The van der Waals surface area contributed by atoms with Crippen LogP contribution < -0.4 is 11.1 Å². The number of aryl methyl sites for hydroxylation is 1. The van der Waals surface area contributed by atoms with Gasteiger partial charge in [0.1, 0.15) is 11.4 Å². The van der Waals surface area contributed by atoms with E-state index >= 15 is 0 Å². The molecule has 120 valence electrons. The SMILES string of the molecule is CN(Cc1nccn1C)C(CN)CNC(=O)OC(C)(C)C. The van der Waals surface area contributed by atoms with Crippen LogP contribution in [-0.4, -0.2) is 52.3 Å². The number of rotatable bonds is 6. The molecule has 0 radical (unpaired) electrons. The molecule has 1 amide bonds. The highest BCUT2D eigenvalue weighted by atomic mass is 16.6. The third-order valence-electron chi connectivity index (χ3n) is 3.09. The van der Waals surface area contributed by atoms with Gasteiger partial charge in [0.2, 0.25) is 0 Å². The normalized spacial score (nSPS) is 13.3.